The zero-order valence-corrected chi connectivity index (χ0v) is 33.7. The molecule has 3 aliphatic heterocycles. The third-order valence-electron chi connectivity index (χ3n) is 12.4. The fourth-order valence-electron chi connectivity index (χ4n) is 7.86. The molecule has 0 spiro atoms. The summed E-state index contributed by atoms with van der Waals surface area (Å²) < 4.78 is 29.8. The predicted octanol–water partition coefficient (Wildman–Crippen LogP) is 8.55. The predicted molar refractivity (Wildman–Crippen MR) is 205 cm³/mol. The van der Waals surface area contributed by atoms with Crippen molar-refractivity contribution >= 4 is 47.2 Å². The van der Waals surface area contributed by atoms with E-state index in [1.165, 1.54) is 110 Å². The summed E-state index contributed by atoms with van der Waals surface area (Å²) >= 11 is -2.87. The van der Waals surface area contributed by atoms with Gasteiger partial charge in [0, 0.05) is 0 Å². The fraction of sp³-hybridized carbons (Fsp3) is 0.700. The zero-order valence-electron chi connectivity index (χ0n) is 31.7. The van der Waals surface area contributed by atoms with Crippen LogP contribution in [0.2, 0.25) is 10.5 Å². The monoisotopic (exact) mass is 704 g/mol. The molecule has 0 atom stereocenters. The van der Waals surface area contributed by atoms with Gasteiger partial charge in [-0.3, -0.25) is 0 Å². The van der Waals surface area contributed by atoms with E-state index in [-0.39, 0.29) is 36.6 Å². The molecule has 0 N–H and O–H groups in total. The van der Waals surface area contributed by atoms with Gasteiger partial charge >= 0.3 is 293 Å². The van der Waals surface area contributed by atoms with Crippen LogP contribution in [0.15, 0.2) is 36.4 Å². The Labute approximate surface area is 291 Å². The average Bonchev–Trinajstić information content (AvgIpc) is 3.50. The van der Waals surface area contributed by atoms with Crippen LogP contribution in [-0.2, 0) is 18.6 Å². The molecule has 7 heteroatoms. The maximum absolute atomic E-state index is 6.62. The molecule has 0 saturated carbocycles. The first kappa shape index (κ1) is 37.2. The Morgan fingerprint density at radius 3 is 1.13 bits per heavy atom. The third kappa shape index (κ3) is 7.53. The number of fused-ring (bicyclic) bond motifs is 3. The first-order valence-corrected chi connectivity index (χ1v) is 24.2. The van der Waals surface area contributed by atoms with Crippen LogP contribution >= 0.6 is 0 Å². The number of benzene rings is 2. The normalized spacial score (nSPS) is 21.3. The molecule has 0 bridgehead atoms. The van der Waals surface area contributed by atoms with E-state index < -0.39 is 13.3 Å². The van der Waals surface area contributed by atoms with Gasteiger partial charge in [0.05, 0.1) is 0 Å². The molecule has 3 heterocycles. The minimum absolute atomic E-state index is 0.336. The van der Waals surface area contributed by atoms with Gasteiger partial charge in [-0.2, -0.15) is 0 Å². The van der Waals surface area contributed by atoms with E-state index >= 15 is 0 Å². The molecule has 2 aromatic rings. The minimum atomic E-state index is -2.87. The van der Waals surface area contributed by atoms with Crippen molar-refractivity contribution in [2.75, 3.05) is 0 Å². The van der Waals surface area contributed by atoms with Crippen molar-refractivity contribution in [1.82, 2.24) is 0 Å². The summed E-state index contributed by atoms with van der Waals surface area (Å²) in [6.45, 7) is 21.9. The molecule has 5 rings (SSSR count). The van der Waals surface area contributed by atoms with Crippen LogP contribution < -0.4 is 19.7 Å². The molecule has 2 fully saturated rings. The van der Waals surface area contributed by atoms with Crippen LogP contribution in [0.4, 0.5) is 0 Å². The molecule has 2 saturated heterocycles. The molecule has 0 radical (unpaired) electrons. The van der Waals surface area contributed by atoms with Gasteiger partial charge in [-0.05, 0) is 0 Å². The molecule has 0 aliphatic carbocycles. The van der Waals surface area contributed by atoms with Gasteiger partial charge in [0.1, 0.15) is 0 Å². The second-order valence-corrected chi connectivity index (χ2v) is 25.8. The number of hydrogen-bond acceptors (Lipinski definition) is 4. The van der Waals surface area contributed by atoms with E-state index in [0.29, 0.717) is 0 Å². The fourth-order valence-corrected chi connectivity index (χ4v) is 19.8. The van der Waals surface area contributed by atoms with Crippen LogP contribution in [0.25, 0.3) is 11.1 Å². The van der Waals surface area contributed by atoms with Crippen LogP contribution in [0.3, 0.4) is 0 Å². The maximum atomic E-state index is 6.62. The van der Waals surface area contributed by atoms with Crippen molar-refractivity contribution in [2.24, 2.45) is 0 Å². The van der Waals surface area contributed by atoms with E-state index in [1.54, 1.807) is 8.79 Å². The van der Waals surface area contributed by atoms with E-state index in [1.807, 2.05) is 0 Å². The van der Waals surface area contributed by atoms with Gasteiger partial charge in [-0.15, -0.1) is 0 Å². The topological polar surface area (TPSA) is 36.9 Å². The molecule has 258 valence electrons. The molecule has 0 aromatic heterocycles. The molecule has 3 aliphatic rings. The Bertz CT molecular complexity index is 1230. The Morgan fingerprint density at radius 1 is 0.468 bits per heavy atom. The Balaban J connectivity index is 1.55. The van der Waals surface area contributed by atoms with E-state index in [9.17, 15) is 0 Å². The zero-order chi connectivity index (χ0) is 34.1. The first-order valence-electron chi connectivity index (χ1n) is 19.2. The molecular formula is C40H64B2GeO4. The summed E-state index contributed by atoms with van der Waals surface area (Å²) in [6, 6.07) is 14.4. The summed E-state index contributed by atoms with van der Waals surface area (Å²) in [6.07, 6.45) is 16.0. The van der Waals surface area contributed by atoms with Crippen LogP contribution in [0.1, 0.15) is 146 Å². The van der Waals surface area contributed by atoms with Gasteiger partial charge in [0.15, 0.2) is 0 Å². The van der Waals surface area contributed by atoms with Crippen LogP contribution in [0, 0.1) is 0 Å². The summed E-state index contributed by atoms with van der Waals surface area (Å²) in [5, 5.41) is 2.70. The van der Waals surface area contributed by atoms with E-state index in [0.717, 1.165) is 0 Å². The molecular weight excluding hydrogens is 639 g/mol. The molecule has 0 amide bonds. The van der Waals surface area contributed by atoms with Crippen molar-refractivity contribution < 1.29 is 18.6 Å². The van der Waals surface area contributed by atoms with Crippen molar-refractivity contribution in [1.29, 1.82) is 0 Å². The SMILES string of the molecule is CCCCCCC[CH2][Ge]1([CH2]CCCCCCC)[c]2cc(B3OC(C)(C)C(C)(C)O3)ccc2-c2ccc(B3OC(C)(C)C(C)(C)O3)c[c]21. The van der Waals surface area contributed by atoms with Gasteiger partial charge in [-0.1, -0.05) is 0 Å². The Morgan fingerprint density at radius 2 is 0.787 bits per heavy atom. The van der Waals surface area contributed by atoms with Crippen LogP contribution in [-0.4, -0.2) is 49.9 Å². The number of hydrogen-bond donors (Lipinski definition) is 0. The Kier molecular flexibility index (Phi) is 11.6. The van der Waals surface area contributed by atoms with Crippen molar-refractivity contribution in [3.05, 3.63) is 36.4 Å². The van der Waals surface area contributed by atoms with Crippen LogP contribution in [0.5, 0.6) is 0 Å². The van der Waals surface area contributed by atoms with Crippen molar-refractivity contribution in [2.45, 2.75) is 179 Å². The third-order valence-corrected chi connectivity index (χ3v) is 23.5. The second kappa shape index (κ2) is 14.7. The number of rotatable bonds is 16. The van der Waals surface area contributed by atoms with Crippen molar-refractivity contribution in [3.8, 4) is 11.1 Å². The summed E-state index contributed by atoms with van der Waals surface area (Å²) in [5.41, 5.74) is 3.86. The summed E-state index contributed by atoms with van der Waals surface area (Å²) in [4.78, 5) is 0. The molecule has 4 nitrogen and oxygen atoms in total. The van der Waals surface area contributed by atoms with Crippen molar-refractivity contribution in [3.63, 3.8) is 0 Å². The Hall–Kier alpha value is -1.05. The first-order chi connectivity index (χ1) is 22.2. The van der Waals surface area contributed by atoms with Gasteiger partial charge in [-0.25, -0.2) is 0 Å². The van der Waals surface area contributed by atoms with E-state index in [2.05, 4.69) is 106 Å². The molecule has 0 unspecified atom stereocenters. The van der Waals surface area contributed by atoms with E-state index in [4.69, 9.17) is 18.6 Å². The average molecular weight is 703 g/mol. The summed E-state index contributed by atoms with van der Waals surface area (Å²) in [5.74, 6) is 0. The van der Waals surface area contributed by atoms with Gasteiger partial charge in [0.25, 0.3) is 0 Å². The molecule has 47 heavy (non-hydrogen) atoms. The standard InChI is InChI=1S/C40H64B2GeO4/c1-11-13-15-17-19-21-27-43(28-22-20-18-16-14-12-2)35-29-31(41-44-37(3,4)38(5,6)45-41)23-25-33(35)34-26-24-32(30-36(34)43)42-46-39(7,8)40(9,10)47-42/h23-26,29-30H,11-22,27-28H2,1-10H3. The molecule has 2 aromatic carbocycles. The van der Waals surface area contributed by atoms with Gasteiger partial charge in [0.2, 0.25) is 0 Å². The summed E-state index contributed by atoms with van der Waals surface area (Å²) in [7, 11) is -0.671. The van der Waals surface area contributed by atoms with Gasteiger partial charge < -0.3 is 0 Å². The quantitative estimate of drug-likeness (QED) is 0.130. The number of unbranched alkanes of at least 4 members (excludes halogenated alkanes) is 10. The second-order valence-electron chi connectivity index (χ2n) is 16.9.